The minimum absolute atomic E-state index is 0.303. The van der Waals surface area contributed by atoms with Gasteiger partial charge in [-0.3, -0.25) is 0 Å². The molecule has 0 radical (unpaired) electrons. The summed E-state index contributed by atoms with van der Waals surface area (Å²) >= 11 is 0. The summed E-state index contributed by atoms with van der Waals surface area (Å²) in [6.45, 7) is 11.3. The van der Waals surface area contributed by atoms with Crippen molar-refractivity contribution in [2.45, 2.75) is 40.5 Å². The quantitative estimate of drug-likeness (QED) is 0.574. The lowest BCUT2D eigenvalue weighted by Crippen LogP contribution is -2.13. The zero-order chi connectivity index (χ0) is 13.0. The fraction of sp³-hybridized carbons (Fsp3) is 0.533. The average Bonchev–Trinajstić information content (AvgIpc) is 2.20. The number of isocyanates is 1. The Labute approximate surface area is 104 Å². The molecule has 0 saturated heterocycles. The molecule has 0 aliphatic carbocycles. The molecule has 92 valence electrons. The van der Waals surface area contributed by atoms with E-state index in [2.05, 4.69) is 51.7 Å². The molecule has 2 nitrogen and oxygen atoms in total. The first-order chi connectivity index (χ1) is 7.97. The van der Waals surface area contributed by atoms with Gasteiger partial charge in [-0.05, 0) is 43.4 Å². The molecule has 1 rings (SSSR count). The minimum Gasteiger partial charge on any atom is -0.211 e. The molecule has 0 spiro atoms. The molecule has 0 aliphatic heterocycles. The Morgan fingerprint density at radius 2 is 1.71 bits per heavy atom. The maximum atomic E-state index is 10.3. The lowest BCUT2D eigenvalue weighted by Gasteiger charge is -2.23. The molecular weight excluding hydrogens is 210 g/mol. The van der Waals surface area contributed by atoms with Gasteiger partial charge in [0.1, 0.15) is 0 Å². The number of carbonyl (C=O) groups excluding carboxylic acids is 1. The highest BCUT2D eigenvalue weighted by atomic mass is 16.1. The van der Waals surface area contributed by atoms with Crippen LogP contribution in [-0.4, -0.2) is 12.6 Å². The van der Waals surface area contributed by atoms with E-state index in [1.54, 1.807) is 6.08 Å². The van der Waals surface area contributed by atoms with Gasteiger partial charge in [-0.15, -0.1) is 0 Å². The molecule has 1 atom stereocenters. The van der Waals surface area contributed by atoms with E-state index in [1.807, 2.05) is 0 Å². The summed E-state index contributed by atoms with van der Waals surface area (Å²) in [4.78, 5) is 14.1. The molecule has 1 unspecified atom stereocenters. The van der Waals surface area contributed by atoms with Crippen molar-refractivity contribution in [2.75, 3.05) is 6.54 Å². The van der Waals surface area contributed by atoms with Gasteiger partial charge in [0.25, 0.3) is 0 Å². The molecular formula is C15H21NO. The number of hydrogen-bond donors (Lipinski definition) is 0. The van der Waals surface area contributed by atoms with E-state index in [-0.39, 0.29) is 0 Å². The van der Waals surface area contributed by atoms with Gasteiger partial charge in [-0.1, -0.05) is 31.5 Å². The Morgan fingerprint density at radius 1 is 1.18 bits per heavy atom. The van der Waals surface area contributed by atoms with Gasteiger partial charge in [0, 0.05) is 5.92 Å². The number of rotatable bonds is 4. The maximum absolute atomic E-state index is 10.3. The molecule has 0 fully saturated rings. The van der Waals surface area contributed by atoms with Crippen molar-refractivity contribution in [1.82, 2.24) is 0 Å². The second kappa shape index (κ2) is 5.79. The molecule has 0 aliphatic rings. The second-order valence-electron chi connectivity index (χ2n) is 5.09. The third-order valence-corrected chi connectivity index (χ3v) is 3.27. The number of hydrogen-bond acceptors (Lipinski definition) is 2. The van der Waals surface area contributed by atoms with Crippen molar-refractivity contribution >= 4 is 6.08 Å². The Kier molecular flexibility index (Phi) is 4.65. The number of benzene rings is 1. The van der Waals surface area contributed by atoms with Crippen molar-refractivity contribution in [3.8, 4) is 0 Å². The first kappa shape index (κ1) is 13.7. The van der Waals surface area contributed by atoms with Crippen molar-refractivity contribution < 1.29 is 4.79 Å². The van der Waals surface area contributed by atoms with Crippen LogP contribution in [0, 0.1) is 26.7 Å². The van der Waals surface area contributed by atoms with E-state index in [0.717, 1.165) is 0 Å². The van der Waals surface area contributed by atoms with Crippen molar-refractivity contribution in [3.63, 3.8) is 0 Å². The van der Waals surface area contributed by atoms with Gasteiger partial charge >= 0.3 is 0 Å². The molecule has 0 saturated carbocycles. The fourth-order valence-electron chi connectivity index (χ4n) is 2.55. The Morgan fingerprint density at radius 3 is 2.12 bits per heavy atom. The molecule has 1 aromatic carbocycles. The zero-order valence-corrected chi connectivity index (χ0v) is 11.4. The van der Waals surface area contributed by atoms with E-state index in [4.69, 9.17) is 0 Å². The van der Waals surface area contributed by atoms with Gasteiger partial charge in [-0.25, -0.2) is 9.79 Å². The fourth-order valence-corrected chi connectivity index (χ4v) is 2.55. The van der Waals surface area contributed by atoms with Crippen LogP contribution >= 0.6 is 0 Å². The molecule has 2 heteroatoms. The number of aliphatic imine (C=N–C) groups is 1. The van der Waals surface area contributed by atoms with Crippen LogP contribution in [0.3, 0.4) is 0 Å². The molecule has 0 bridgehead atoms. The first-order valence-corrected chi connectivity index (χ1v) is 6.08. The van der Waals surface area contributed by atoms with Gasteiger partial charge in [0.05, 0.1) is 6.54 Å². The zero-order valence-electron chi connectivity index (χ0n) is 11.4. The molecule has 0 N–H and O–H groups in total. The highest BCUT2D eigenvalue weighted by Gasteiger charge is 2.19. The van der Waals surface area contributed by atoms with E-state index in [0.29, 0.717) is 18.4 Å². The molecule has 0 amide bonds. The van der Waals surface area contributed by atoms with E-state index in [9.17, 15) is 4.79 Å². The SMILES string of the molecule is Cc1cc(C)c(C(CN=C=O)C(C)C)c(C)c1. The van der Waals surface area contributed by atoms with Crippen molar-refractivity contribution in [1.29, 1.82) is 0 Å². The maximum Gasteiger partial charge on any atom is 0.234 e. The molecule has 0 heterocycles. The summed E-state index contributed by atoms with van der Waals surface area (Å²) < 4.78 is 0. The van der Waals surface area contributed by atoms with Crippen LogP contribution in [0.25, 0.3) is 0 Å². The van der Waals surface area contributed by atoms with Crippen LogP contribution in [0.5, 0.6) is 0 Å². The highest BCUT2D eigenvalue weighted by Crippen LogP contribution is 2.31. The summed E-state index contributed by atoms with van der Waals surface area (Å²) in [5, 5.41) is 0. The van der Waals surface area contributed by atoms with Crippen LogP contribution in [0.15, 0.2) is 17.1 Å². The van der Waals surface area contributed by atoms with Crippen molar-refractivity contribution in [3.05, 3.63) is 34.4 Å². The lowest BCUT2D eigenvalue weighted by molar-refractivity contribution is 0.498. The van der Waals surface area contributed by atoms with Crippen LogP contribution in [0.1, 0.15) is 42.0 Å². The number of aryl methyl sites for hydroxylation is 3. The summed E-state index contributed by atoms with van der Waals surface area (Å²) in [6.07, 6.45) is 1.65. The lowest BCUT2D eigenvalue weighted by atomic mass is 9.82. The summed E-state index contributed by atoms with van der Waals surface area (Å²) in [5.74, 6) is 0.768. The normalized spacial score (nSPS) is 12.4. The van der Waals surface area contributed by atoms with Crippen LogP contribution < -0.4 is 0 Å². The van der Waals surface area contributed by atoms with E-state index >= 15 is 0 Å². The van der Waals surface area contributed by atoms with Gasteiger partial charge in [0.2, 0.25) is 6.08 Å². The minimum atomic E-state index is 0.303. The van der Waals surface area contributed by atoms with Crippen LogP contribution in [0.4, 0.5) is 0 Å². The first-order valence-electron chi connectivity index (χ1n) is 6.08. The standard InChI is InChI=1S/C15H21NO/c1-10(2)14(8-16-9-17)15-12(4)6-11(3)7-13(15)5/h6-7,10,14H,8H2,1-5H3. The Bertz CT molecular complexity index is 419. The van der Waals surface area contributed by atoms with Gasteiger partial charge in [-0.2, -0.15) is 0 Å². The van der Waals surface area contributed by atoms with E-state index < -0.39 is 0 Å². The predicted molar refractivity (Wildman–Crippen MR) is 71.2 cm³/mol. The molecule has 1 aromatic rings. The van der Waals surface area contributed by atoms with Crippen LogP contribution in [-0.2, 0) is 4.79 Å². The summed E-state index contributed by atoms with van der Waals surface area (Å²) in [6, 6.07) is 4.39. The number of nitrogens with zero attached hydrogens (tertiary/aromatic N) is 1. The smallest absolute Gasteiger partial charge is 0.211 e. The topological polar surface area (TPSA) is 29.4 Å². The second-order valence-corrected chi connectivity index (χ2v) is 5.09. The summed E-state index contributed by atoms with van der Waals surface area (Å²) in [7, 11) is 0. The highest BCUT2D eigenvalue weighted by molar-refractivity contribution is 5.41. The van der Waals surface area contributed by atoms with Crippen LogP contribution in [0.2, 0.25) is 0 Å². The van der Waals surface area contributed by atoms with Crippen molar-refractivity contribution in [2.24, 2.45) is 10.9 Å². The third kappa shape index (κ3) is 3.28. The summed E-state index contributed by atoms with van der Waals surface area (Å²) in [5.41, 5.74) is 5.21. The molecule has 17 heavy (non-hydrogen) atoms. The van der Waals surface area contributed by atoms with Gasteiger partial charge < -0.3 is 0 Å². The monoisotopic (exact) mass is 231 g/mol. The molecule has 0 aromatic heterocycles. The Balaban J connectivity index is 3.22. The third-order valence-electron chi connectivity index (χ3n) is 3.27. The van der Waals surface area contributed by atoms with E-state index in [1.165, 1.54) is 22.3 Å². The average molecular weight is 231 g/mol. The Hall–Kier alpha value is -1.40. The largest absolute Gasteiger partial charge is 0.234 e. The predicted octanol–water partition coefficient (Wildman–Crippen LogP) is 3.69. The van der Waals surface area contributed by atoms with Gasteiger partial charge in [0.15, 0.2) is 0 Å².